The van der Waals surface area contributed by atoms with Crippen molar-refractivity contribution in [3.63, 3.8) is 0 Å². The Labute approximate surface area is 220 Å². The highest BCUT2D eigenvalue weighted by Gasteiger charge is 2.40. The van der Waals surface area contributed by atoms with E-state index in [0.29, 0.717) is 48.4 Å². The number of piperazine rings is 1. The van der Waals surface area contributed by atoms with Crippen LogP contribution in [0.5, 0.6) is 5.75 Å². The van der Waals surface area contributed by atoms with Gasteiger partial charge in [0.2, 0.25) is 5.91 Å². The molecule has 2 amide bonds. The molecule has 5 rings (SSSR count). The van der Waals surface area contributed by atoms with Crippen LogP contribution in [-0.4, -0.2) is 67.2 Å². The van der Waals surface area contributed by atoms with Crippen molar-refractivity contribution in [3.8, 4) is 16.9 Å². The van der Waals surface area contributed by atoms with Crippen LogP contribution in [0, 0.1) is 12.8 Å². The van der Waals surface area contributed by atoms with Crippen molar-refractivity contribution in [2.45, 2.75) is 51.1 Å². The Balaban J connectivity index is 1.24. The van der Waals surface area contributed by atoms with E-state index in [1.165, 1.54) is 13.2 Å². The van der Waals surface area contributed by atoms with Crippen molar-refractivity contribution in [2.24, 2.45) is 5.92 Å². The highest BCUT2D eigenvalue weighted by atomic mass is 19.4. The van der Waals surface area contributed by atoms with Crippen LogP contribution in [0.1, 0.15) is 47.2 Å². The predicted molar refractivity (Wildman–Crippen MR) is 136 cm³/mol. The van der Waals surface area contributed by atoms with Crippen molar-refractivity contribution < 1.29 is 27.5 Å². The van der Waals surface area contributed by atoms with Crippen LogP contribution in [0.3, 0.4) is 0 Å². The summed E-state index contributed by atoms with van der Waals surface area (Å²) in [5.41, 5.74) is 1.41. The van der Waals surface area contributed by atoms with Crippen LogP contribution in [0.15, 0.2) is 36.4 Å². The molecular weight excluding hydrogens is 497 g/mol. The summed E-state index contributed by atoms with van der Waals surface area (Å²) in [6, 6.07) is 9.28. The molecule has 3 fully saturated rings. The Bertz CT molecular complexity index is 1210. The summed E-state index contributed by atoms with van der Waals surface area (Å²) in [5.74, 6) is -0.178. The van der Waals surface area contributed by atoms with E-state index in [-0.39, 0.29) is 35.8 Å². The number of carbonyl (C=O) groups is 2. The molecule has 3 aliphatic rings. The minimum Gasteiger partial charge on any atom is -0.496 e. The average molecular weight is 531 g/mol. The Hall–Kier alpha value is -3.11. The second-order valence-electron chi connectivity index (χ2n) is 10.3. The first-order chi connectivity index (χ1) is 18.2. The smallest absolute Gasteiger partial charge is 0.419 e. The normalized spacial score (nSPS) is 24.5. The predicted octanol–water partition coefficient (Wildman–Crippen LogP) is 4.01. The number of nitrogens with one attached hydrogen (secondary N) is 2. The number of fused-ring (bicyclic) bond motifs is 1. The zero-order valence-corrected chi connectivity index (χ0v) is 21.6. The Morgan fingerprint density at radius 3 is 2.45 bits per heavy atom. The van der Waals surface area contributed by atoms with Gasteiger partial charge in [-0.25, -0.2) is 0 Å². The minimum absolute atomic E-state index is 0.0482. The Morgan fingerprint density at radius 1 is 1.03 bits per heavy atom. The van der Waals surface area contributed by atoms with E-state index in [2.05, 4.69) is 15.5 Å². The van der Waals surface area contributed by atoms with Crippen LogP contribution >= 0.6 is 0 Å². The maximum atomic E-state index is 13.5. The maximum Gasteiger partial charge on any atom is 0.419 e. The maximum absolute atomic E-state index is 13.5. The lowest BCUT2D eigenvalue weighted by atomic mass is 9.82. The van der Waals surface area contributed by atoms with Gasteiger partial charge in [0.15, 0.2) is 0 Å². The van der Waals surface area contributed by atoms with Gasteiger partial charge in [-0.3, -0.25) is 19.8 Å². The summed E-state index contributed by atoms with van der Waals surface area (Å²) in [6.07, 6.45) is -0.587. The highest BCUT2D eigenvalue weighted by molar-refractivity contribution is 5.95. The number of aryl methyl sites for hydroxylation is 1. The number of nitrogens with zero attached hydrogens (tertiary/aromatic N) is 2. The van der Waals surface area contributed by atoms with Crippen LogP contribution in [0.4, 0.5) is 13.2 Å². The van der Waals surface area contributed by atoms with Crippen molar-refractivity contribution in [3.05, 3.63) is 53.1 Å². The monoisotopic (exact) mass is 530 g/mol. The average Bonchev–Trinajstić information content (AvgIpc) is 2.92. The molecule has 2 aromatic carbocycles. The molecule has 3 atom stereocenters. The lowest BCUT2D eigenvalue weighted by molar-refractivity contribution is -0.138. The third-order valence-corrected chi connectivity index (χ3v) is 8.01. The van der Waals surface area contributed by atoms with Crippen LogP contribution in [0.25, 0.3) is 11.1 Å². The quantitative estimate of drug-likeness (QED) is 0.625. The van der Waals surface area contributed by atoms with Crippen LogP contribution in [-0.2, 0) is 11.0 Å². The molecule has 1 saturated carbocycles. The number of amides is 2. The van der Waals surface area contributed by atoms with E-state index >= 15 is 0 Å². The number of hydrogen-bond acceptors (Lipinski definition) is 5. The first-order valence-electron chi connectivity index (χ1n) is 13.1. The molecule has 2 saturated heterocycles. The topological polar surface area (TPSA) is 73.9 Å². The van der Waals surface area contributed by atoms with Gasteiger partial charge < -0.3 is 15.0 Å². The van der Waals surface area contributed by atoms with Gasteiger partial charge >= 0.3 is 6.18 Å². The second-order valence-corrected chi connectivity index (χ2v) is 10.3. The fraction of sp³-hybridized carbons (Fsp3) is 0.500. The van der Waals surface area contributed by atoms with Crippen LogP contribution < -0.4 is 15.4 Å². The summed E-state index contributed by atoms with van der Waals surface area (Å²) >= 11 is 0. The highest BCUT2D eigenvalue weighted by Crippen LogP contribution is 2.39. The SMILES string of the molecule is COc1ccc(-c2ccc(C(=O)N3CCN(C4NC(=O)C5CCCCC5N4)CC3)cc2C)cc1C(F)(F)F. The molecule has 2 aliphatic heterocycles. The molecule has 0 radical (unpaired) electrons. The first-order valence-corrected chi connectivity index (χ1v) is 13.1. The number of rotatable bonds is 4. The second kappa shape index (κ2) is 10.6. The number of hydrogen-bond donors (Lipinski definition) is 2. The molecule has 2 heterocycles. The van der Waals surface area contributed by atoms with Gasteiger partial charge in [0, 0.05) is 37.8 Å². The van der Waals surface area contributed by atoms with Crippen molar-refractivity contribution in [1.29, 1.82) is 0 Å². The molecule has 1 aliphatic carbocycles. The standard InChI is InChI=1S/C28H33F3N4O3/c1-17-15-19(7-9-20(17)18-8-10-24(38-2)22(16-18)28(29,30)31)26(37)34-11-13-35(14-12-34)27-32-23-6-4-3-5-21(23)25(36)33-27/h7-10,15-16,21,23,27,32H,3-6,11-14H2,1-2H3,(H,33,36). The number of ether oxygens (including phenoxy) is 1. The summed E-state index contributed by atoms with van der Waals surface area (Å²) in [5, 5.41) is 6.70. The third-order valence-electron chi connectivity index (χ3n) is 8.01. The third kappa shape index (κ3) is 5.24. The molecule has 2 N–H and O–H groups in total. The van der Waals surface area contributed by atoms with E-state index in [0.717, 1.165) is 31.7 Å². The fourth-order valence-electron chi connectivity index (χ4n) is 5.91. The molecule has 0 aromatic heterocycles. The number of alkyl halides is 3. The first kappa shape index (κ1) is 26.5. The van der Waals surface area contributed by atoms with E-state index in [4.69, 9.17) is 4.74 Å². The van der Waals surface area contributed by atoms with Crippen LogP contribution in [0.2, 0.25) is 0 Å². The van der Waals surface area contributed by atoms with Gasteiger partial charge in [0.1, 0.15) is 12.0 Å². The van der Waals surface area contributed by atoms with Gasteiger partial charge in [0.05, 0.1) is 18.6 Å². The van der Waals surface area contributed by atoms with E-state index in [1.807, 2.05) is 0 Å². The summed E-state index contributed by atoms with van der Waals surface area (Å²) in [6.45, 7) is 4.09. The molecule has 0 spiro atoms. The molecule has 38 heavy (non-hydrogen) atoms. The number of methoxy groups -OCH3 is 1. The molecule has 7 nitrogen and oxygen atoms in total. The minimum atomic E-state index is -4.54. The van der Waals surface area contributed by atoms with E-state index in [1.54, 1.807) is 36.1 Å². The Morgan fingerprint density at radius 2 is 1.76 bits per heavy atom. The fourth-order valence-corrected chi connectivity index (χ4v) is 5.91. The van der Waals surface area contributed by atoms with Gasteiger partial charge in [-0.1, -0.05) is 25.0 Å². The van der Waals surface area contributed by atoms with Crippen molar-refractivity contribution in [1.82, 2.24) is 20.4 Å². The summed E-state index contributed by atoms with van der Waals surface area (Å²) in [4.78, 5) is 29.8. The van der Waals surface area contributed by atoms with E-state index < -0.39 is 11.7 Å². The van der Waals surface area contributed by atoms with Crippen molar-refractivity contribution in [2.75, 3.05) is 33.3 Å². The number of carbonyl (C=O) groups excluding carboxylic acids is 2. The number of halogens is 3. The molecule has 3 unspecified atom stereocenters. The number of benzene rings is 2. The Kier molecular flexibility index (Phi) is 7.37. The summed E-state index contributed by atoms with van der Waals surface area (Å²) < 4.78 is 45.4. The lowest BCUT2D eigenvalue weighted by Gasteiger charge is -2.46. The van der Waals surface area contributed by atoms with Gasteiger partial charge in [-0.05, 0) is 60.7 Å². The lowest BCUT2D eigenvalue weighted by Crippen LogP contribution is -2.69. The largest absolute Gasteiger partial charge is 0.496 e. The van der Waals surface area contributed by atoms with E-state index in [9.17, 15) is 22.8 Å². The zero-order chi connectivity index (χ0) is 27.0. The molecule has 10 heteroatoms. The van der Waals surface area contributed by atoms with Gasteiger partial charge in [-0.2, -0.15) is 13.2 Å². The molecule has 2 aromatic rings. The summed E-state index contributed by atoms with van der Waals surface area (Å²) in [7, 11) is 1.21. The van der Waals surface area contributed by atoms with Crippen molar-refractivity contribution >= 4 is 11.8 Å². The molecular formula is C28H33F3N4O3. The van der Waals surface area contributed by atoms with Gasteiger partial charge in [0.25, 0.3) is 5.91 Å². The molecule has 0 bridgehead atoms. The van der Waals surface area contributed by atoms with Gasteiger partial charge in [-0.15, -0.1) is 0 Å². The molecule has 204 valence electrons. The zero-order valence-electron chi connectivity index (χ0n) is 21.6.